The molecule has 1 aromatic heterocycles. The lowest BCUT2D eigenvalue weighted by Crippen LogP contribution is -2.35. The molecule has 1 saturated carbocycles. The first-order valence-corrected chi connectivity index (χ1v) is 8.36. The van der Waals surface area contributed by atoms with Gasteiger partial charge in [0.15, 0.2) is 0 Å². The van der Waals surface area contributed by atoms with Crippen molar-refractivity contribution in [1.29, 1.82) is 0 Å². The zero-order valence-corrected chi connectivity index (χ0v) is 13.9. The third-order valence-corrected chi connectivity index (χ3v) is 4.28. The highest BCUT2D eigenvalue weighted by atomic mass is 16.4. The van der Waals surface area contributed by atoms with E-state index in [2.05, 4.69) is 48.5 Å². The van der Waals surface area contributed by atoms with Gasteiger partial charge in [0.2, 0.25) is 5.89 Å². The second kappa shape index (κ2) is 7.78. The Morgan fingerprint density at radius 1 is 1.14 bits per heavy atom. The molecule has 5 heteroatoms. The van der Waals surface area contributed by atoms with Crippen LogP contribution in [0, 0.1) is 17.8 Å². The summed E-state index contributed by atoms with van der Waals surface area (Å²) >= 11 is 0. The van der Waals surface area contributed by atoms with Crippen LogP contribution in [-0.4, -0.2) is 22.8 Å². The second-order valence-corrected chi connectivity index (χ2v) is 6.97. The molecule has 1 aliphatic rings. The number of rotatable bonds is 7. The third-order valence-electron chi connectivity index (χ3n) is 4.28. The number of nitrogens with one attached hydrogen (secondary N) is 2. The zero-order valence-electron chi connectivity index (χ0n) is 13.9. The topological polar surface area (TPSA) is 63.0 Å². The monoisotopic (exact) mass is 294 g/mol. The molecule has 0 amide bonds. The molecule has 5 nitrogen and oxygen atoms in total. The summed E-state index contributed by atoms with van der Waals surface area (Å²) in [4.78, 5) is 0. The van der Waals surface area contributed by atoms with Gasteiger partial charge in [-0.25, -0.2) is 0 Å². The average molecular weight is 294 g/mol. The molecule has 2 unspecified atom stereocenters. The van der Waals surface area contributed by atoms with Crippen molar-refractivity contribution in [2.45, 2.75) is 66.0 Å². The largest absolute Gasteiger partial charge is 0.407 e. The molecular formula is C16H30N4O. The molecule has 2 rings (SSSR count). The Balaban J connectivity index is 1.86. The fourth-order valence-corrected chi connectivity index (χ4v) is 3.15. The Morgan fingerprint density at radius 3 is 2.62 bits per heavy atom. The number of nitrogens with zero attached hydrogens (tertiary/aromatic N) is 2. The first-order chi connectivity index (χ1) is 10.1. The first kappa shape index (κ1) is 16.3. The minimum absolute atomic E-state index is 0.468. The van der Waals surface area contributed by atoms with Crippen LogP contribution >= 0.6 is 0 Å². The number of hydrogen-bond acceptors (Lipinski definition) is 5. The SMILES string of the molecule is CC(C)CNCc1nnc(NC2CCCCC2C(C)C)o1. The van der Waals surface area contributed by atoms with Gasteiger partial charge in [0, 0.05) is 6.04 Å². The van der Waals surface area contributed by atoms with Gasteiger partial charge in [-0.2, -0.15) is 0 Å². The van der Waals surface area contributed by atoms with Gasteiger partial charge in [-0.3, -0.25) is 0 Å². The predicted molar refractivity (Wildman–Crippen MR) is 85.0 cm³/mol. The Bertz CT molecular complexity index is 416. The molecule has 2 atom stereocenters. The average Bonchev–Trinajstić information content (AvgIpc) is 2.86. The van der Waals surface area contributed by atoms with E-state index >= 15 is 0 Å². The normalized spacial score (nSPS) is 23.0. The minimum atomic E-state index is 0.468. The van der Waals surface area contributed by atoms with E-state index in [1.165, 1.54) is 25.7 Å². The number of anilines is 1. The molecule has 0 radical (unpaired) electrons. The molecule has 1 aliphatic carbocycles. The van der Waals surface area contributed by atoms with E-state index in [4.69, 9.17) is 4.42 Å². The van der Waals surface area contributed by atoms with Crippen molar-refractivity contribution in [3.63, 3.8) is 0 Å². The molecule has 21 heavy (non-hydrogen) atoms. The highest BCUT2D eigenvalue weighted by Crippen LogP contribution is 2.32. The maximum absolute atomic E-state index is 5.70. The molecule has 1 fully saturated rings. The summed E-state index contributed by atoms with van der Waals surface area (Å²) in [6.45, 7) is 10.6. The summed E-state index contributed by atoms with van der Waals surface area (Å²) in [5.41, 5.74) is 0. The summed E-state index contributed by atoms with van der Waals surface area (Å²) < 4.78 is 5.70. The van der Waals surface area contributed by atoms with E-state index < -0.39 is 0 Å². The van der Waals surface area contributed by atoms with Crippen LogP contribution in [0.4, 0.5) is 6.01 Å². The van der Waals surface area contributed by atoms with Gasteiger partial charge >= 0.3 is 6.01 Å². The third kappa shape index (κ3) is 4.99. The van der Waals surface area contributed by atoms with Gasteiger partial charge < -0.3 is 15.1 Å². The summed E-state index contributed by atoms with van der Waals surface area (Å²) in [5, 5.41) is 15.0. The van der Waals surface area contributed by atoms with Gasteiger partial charge in [0.1, 0.15) is 0 Å². The molecule has 1 heterocycles. The van der Waals surface area contributed by atoms with Gasteiger partial charge in [-0.05, 0) is 37.1 Å². The molecule has 2 N–H and O–H groups in total. The van der Waals surface area contributed by atoms with Gasteiger partial charge in [-0.15, -0.1) is 5.10 Å². The molecule has 1 aromatic rings. The summed E-state index contributed by atoms with van der Waals surface area (Å²) in [6, 6.07) is 1.05. The first-order valence-electron chi connectivity index (χ1n) is 8.36. The Morgan fingerprint density at radius 2 is 1.90 bits per heavy atom. The smallest absolute Gasteiger partial charge is 0.315 e. The summed E-state index contributed by atoms with van der Waals surface area (Å²) in [6.07, 6.45) is 5.13. The molecule has 120 valence electrons. The molecule has 0 bridgehead atoms. The lowest BCUT2D eigenvalue weighted by molar-refractivity contribution is 0.250. The van der Waals surface area contributed by atoms with E-state index in [1.807, 2.05) is 0 Å². The highest BCUT2D eigenvalue weighted by molar-refractivity contribution is 5.20. The summed E-state index contributed by atoms with van der Waals surface area (Å²) in [7, 11) is 0. The molecule has 0 aliphatic heterocycles. The lowest BCUT2D eigenvalue weighted by Gasteiger charge is -2.34. The van der Waals surface area contributed by atoms with Crippen molar-refractivity contribution in [1.82, 2.24) is 15.5 Å². The van der Waals surface area contributed by atoms with E-state index in [0.29, 0.717) is 42.2 Å². The van der Waals surface area contributed by atoms with Crippen molar-refractivity contribution in [2.75, 3.05) is 11.9 Å². The zero-order chi connectivity index (χ0) is 15.2. The lowest BCUT2D eigenvalue weighted by atomic mass is 9.78. The van der Waals surface area contributed by atoms with Crippen molar-refractivity contribution < 1.29 is 4.42 Å². The number of hydrogen-bond donors (Lipinski definition) is 2. The van der Waals surface area contributed by atoms with Crippen LogP contribution in [0.1, 0.15) is 59.3 Å². The summed E-state index contributed by atoms with van der Waals surface area (Å²) in [5.74, 6) is 2.68. The van der Waals surface area contributed by atoms with Gasteiger partial charge in [-0.1, -0.05) is 45.6 Å². The highest BCUT2D eigenvalue weighted by Gasteiger charge is 2.28. The quantitative estimate of drug-likeness (QED) is 0.806. The van der Waals surface area contributed by atoms with Crippen molar-refractivity contribution >= 4 is 6.01 Å². The van der Waals surface area contributed by atoms with Crippen LogP contribution in [0.15, 0.2) is 4.42 Å². The predicted octanol–water partition coefficient (Wildman–Crippen LogP) is 3.44. The van der Waals surface area contributed by atoms with Crippen molar-refractivity contribution in [3.8, 4) is 0 Å². The van der Waals surface area contributed by atoms with Crippen LogP contribution < -0.4 is 10.6 Å². The molecule has 0 spiro atoms. The Kier molecular flexibility index (Phi) is 6.03. The Hall–Kier alpha value is -1.10. The van der Waals surface area contributed by atoms with Crippen molar-refractivity contribution in [2.24, 2.45) is 17.8 Å². The molecule has 0 aromatic carbocycles. The second-order valence-electron chi connectivity index (χ2n) is 6.97. The molecular weight excluding hydrogens is 264 g/mol. The van der Waals surface area contributed by atoms with E-state index in [0.717, 1.165) is 6.54 Å². The van der Waals surface area contributed by atoms with Crippen LogP contribution in [0.5, 0.6) is 0 Å². The fourth-order valence-electron chi connectivity index (χ4n) is 3.15. The van der Waals surface area contributed by atoms with E-state index in [9.17, 15) is 0 Å². The maximum atomic E-state index is 5.70. The van der Waals surface area contributed by atoms with Crippen LogP contribution in [-0.2, 0) is 6.54 Å². The van der Waals surface area contributed by atoms with Gasteiger partial charge in [0.25, 0.3) is 0 Å². The maximum Gasteiger partial charge on any atom is 0.315 e. The van der Waals surface area contributed by atoms with Crippen LogP contribution in [0.25, 0.3) is 0 Å². The van der Waals surface area contributed by atoms with E-state index in [-0.39, 0.29) is 0 Å². The van der Waals surface area contributed by atoms with E-state index in [1.54, 1.807) is 0 Å². The van der Waals surface area contributed by atoms with Crippen molar-refractivity contribution in [3.05, 3.63) is 5.89 Å². The minimum Gasteiger partial charge on any atom is -0.407 e. The fraction of sp³-hybridized carbons (Fsp3) is 0.875. The van der Waals surface area contributed by atoms with Gasteiger partial charge in [0.05, 0.1) is 6.54 Å². The standard InChI is InChI=1S/C16H30N4O/c1-11(2)9-17-10-15-19-20-16(21-15)18-14-8-6-5-7-13(14)12(3)4/h11-14,17H,5-10H2,1-4H3,(H,18,20). The van der Waals surface area contributed by atoms with Crippen LogP contribution in [0.2, 0.25) is 0 Å². The number of aromatic nitrogens is 2. The van der Waals surface area contributed by atoms with Crippen LogP contribution in [0.3, 0.4) is 0 Å². The Labute approximate surface area is 128 Å². The molecule has 0 saturated heterocycles.